The van der Waals surface area contributed by atoms with E-state index in [4.69, 9.17) is 0 Å². The Balaban J connectivity index is 2.20. The van der Waals surface area contributed by atoms with E-state index in [1.54, 1.807) is 11.3 Å². The second-order valence-electron chi connectivity index (χ2n) is 4.01. The van der Waals surface area contributed by atoms with Crippen LogP contribution in [-0.4, -0.2) is 5.78 Å². The summed E-state index contributed by atoms with van der Waals surface area (Å²) < 4.78 is 0. The van der Waals surface area contributed by atoms with Gasteiger partial charge in [0.2, 0.25) is 0 Å². The molecule has 1 aromatic heterocycles. The quantitative estimate of drug-likeness (QED) is 0.675. The topological polar surface area (TPSA) is 17.1 Å². The van der Waals surface area contributed by atoms with Gasteiger partial charge in [0.25, 0.3) is 0 Å². The molecule has 0 amide bonds. The van der Waals surface area contributed by atoms with Crippen LogP contribution in [0.4, 0.5) is 0 Å². The van der Waals surface area contributed by atoms with Crippen LogP contribution in [0.15, 0.2) is 12.1 Å². The van der Waals surface area contributed by atoms with Gasteiger partial charge in [-0.25, -0.2) is 0 Å². The van der Waals surface area contributed by atoms with Gasteiger partial charge < -0.3 is 0 Å². The molecule has 70 valence electrons. The molecule has 0 unspecified atom stereocenters. The Labute approximate surface area is 82.8 Å². The van der Waals surface area contributed by atoms with Crippen molar-refractivity contribution in [3.8, 4) is 0 Å². The molecule has 0 bridgehead atoms. The van der Waals surface area contributed by atoms with Crippen molar-refractivity contribution in [2.75, 3.05) is 0 Å². The van der Waals surface area contributed by atoms with Crippen LogP contribution in [-0.2, 0) is 6.42 Å². The van der Waals surface area contributed by atoms with Crippen molar-refractivity contribution in [2.45, 2.75) is 33.1 Å². The van der Waals surface area contributed by atoms with Gasteiger partial charge in [0, 0.05) is 10.3 Å². The van der Waals surface area contributed by atoms with Gasteiger partial charge in [-0.3, -0.25) is 4.79 Å². The van der Waals surface area contributed by atoms with Crippen LogP contribution in [0.3, 0.4) is 0 Å². The second kappa shape index (κ2) is 2.95. The van der Waals surface area contributed by atoms with Crippen molar-refractivity contribution in [2.24, 2.45) is 5.41 Å². The number of ketones is 1. The Bertz CT molecular complexity index is 334. The van der Waals surface area contributed by atoms with Crippen molar-refractivity contribution in [3.63, 3.8) is 0 Å². The zero-order chi connectivity index (χ0) is 9.47. The van der Waals surface area contributed by atoms with E-state index in [0.717, 1.165) is 24.1 Å². The summed E-state index contributed by atoms with van der Waals surface area (Å²) in [5, 5.41) is 0. The lowest BCUT2D eigenvalue weighted by atomic mass is 10.0. The summed E-state index contributed by atoms with van der Waals surface area (Å²) in [7, 11) is 0. The normalized spacial score (nSPS) is 18.6. The van der Waals surface area contributed by atoms with Crippen molar-refractivity contribution in [3.05, 3.63) is 21.9 Å². The second-order valence-corrected chi connectivity index (χ2v) is 5.18. The first-order chi connectivity index (χ1) is 6.15. The van der Waals surface area contributed by atoms with Gasteiger partial charge in [0.05, 0.1) is 4.88 Å². The minimum absolute atomic E-state index is 0.00410. The summed E-state index contributed by atoms with van der Waals surface area (Å²) >= 11 is 1.66. The Morgan fingerprint density at radius 1 is 1.54 bits per heavy atom. The predicted octanol–water partition coefficient (Wildman–Crippen LogP) is 3.29. The molecule has 1 saturated carbocycles. The Kier molecular flexibility index (Phi) is 2.03. The first kappa shape index (κ1) is 8.95. The number of hydrogen-bond donors (Lipinski definition) is 0. The number of carbonyl (C=O) groups excluding carboxylic acids is 1. The largest absolute Gasteiger partial charge is 0.293 e. The van der Waals surface area contributed by atoms with Crippen LogP contribution in [0.5, 0.6) is 0 Å². The van der Waals surface area contributed by atoms with Crippen LogP contribution in [0.2, 0.25) is 0 Å². The fourth-order valence-electron chi connectivity index (χ4n) is 1.40. The Morgan fingerprint density at radius 3 is 2.69 bits per heavy atom. The first-order valence-electron chi connectivity index (χ1n) is 4.79. The summed E-state index contributed by atoms with van der Waals surface area (Å²) in [6.45, 7) is 4.19. The van der Waals surface area contributed by atoms with Crippen molar-refractivity contribution >= 4 is 17.1 Å². The predicted molar refractivity (Wildman–Crippen MR) is 55.4 cm³/mol. The summed E-state index contributed by atoms with van der Waals surface area (Å²) in [6.07, 6.45) is 3.19. The van der Waals surface area contributed by atoms with E-state index in [-0.39, 0.29) is 5.41 Å². The molecular formula is C11H14OS. The monoisotopic (exact) mass is 194 g/mol. The minimum atomic E-state index is -0.00410. The van der Waals surface area contributed by atoms with Gasteiger partial charge in [-0.05, 0) is 31.4 Å². The SMILES string of the molecule is CCc1ccc(C(=O)C2(C)CC2)s1. The zero-order valence-corrected chi connectivity index (χ0v) is 8.91. The summed E-state index contributed by atoms with van der Waals surface area (Å²) in [6, 6.07) is 4.05. The molecule has 2 rings (SSSR count). The molecule has 0 spiro atoms. The van der Waals surface area contributed by atoms with Crippen LogP contribution >= 0.6 is 11.3 Å². The average molecular weight is 194 g/mol. The molecule has 2 heteroatoms. The lowest BCUT2D eigenvalue weighted by molar-refractivity contribution is 0.0917. The van der Waals surface area contributed by atoms with Gasteiger partial charge in [0.15, 0.2) is 5.78 Å². The summed E-state index contributed by atoms with van der Waals surface area (Å²) in [4.78, 5) is 14.1. The summed E-state index contributed by atoms with van der Waals surface area (Å²) in [5.74, 6) is 0.359. The third-order valence-electron chi connectivity index (χ3n) is 2.78. The zero-order valence-electron chi connectivity index (χ0n) is 8.09. The summed E-state index contributed by atoms with van der Waals surface area (Å²) in [5.41, 5.74) is -0.00410. The van der Waals surface area contributed by atoms with Crippen LogP contribution in [0.25, 0.3) is 0 Å². The van der Waals surface area contributed by atoms with Crippen LogP contribution in [0.1, 0.15) is 41.2 Å². The smallest absolute Gasteiger partial charge is 0.178 e. The number of rotatable bonds is 3. The van der Waals surface area contributed by atoms with Crippen molar-refractivity contribution < 1.29 is 4.79 Å². The Hall–Kier alpha value is -0.630. The maximum absolute atomic E-state index is 11.9. The van der Waals surface area contributed by atoms with E-state index in [1.807, 2.05) is 6.07 Å². The van der Waals surface area contributed by atoms with E-state index >= 15 is 0 Å². The lowest BCUT2D eigenvalue weighted by Crippen LogP contribution is -2.09. The molecule has 0 N–H and O–H groups in total. The van der Waals surface area contributed by atoms with E-state index < -0.39 is 0 Å². The molecule has 1 aliphatic carbocycles. The van der Waals surface area contributed by atoms with Gasteiger partial charge >= 0.3 is 0 Å². The molecule has 1 aromatic rings. The number of hydrogen-bond acceptors (Lipinski definition) is 2. The average Bonchev–Trinajstić information content (AvgIpc) is 2.71. The lowest BCUT2D eigenvalue weighted by Gasteiger charge is -2.02. The van der Waals surface area contributed by atoms with E-state index in [9.17, 15) is 4.79 Å². The molecule has 0 aromatic carbocycles. The third kappa shape index (κ3) is 1.55. The standard InChI is InChI=1S/C11H14OS/c1-3-8-4-5-9(13-8)10(12)11(2)6-7-11/h4-5H,3,6-7H2,1-2H3. The van der Waals surface area contributed by atoms with Crippen molar-refractivity contribution in [1.82, 2.24) is 0 Å². The highest BCUT2D eigenvalue weighted by Gasteiger charge is 2.45. The van der Waals surface area contributed by atoms with Gasteiger partial charge in [-0.2, -0.15) is 0 Å². The van der Waals surface area contributed by atoms with Gasteiger partial charge in [-0.15, -0.1) is 11.3 Å². The maximum atomic E-state index is 11.9. The molecule has 0 atom stereocenters. The molecule has 13 heavy (non-hydrogen) atoms. The van der Waals surface area contributed by atoms with E-state index in [2.05, 4.69) is 19.9 Å². The molecule has 0 aliphatic heterocycles. The van der Waals surface area contributed by atoms with E-state index in [0.29, 0.717) is 5.78 Å². The van der Waals surface area contributed by atoms with Crippen molar-refractivity contribution in [1.29, 1.82) is 0 Å². The van der Waals surface area contributed by atoms with Gasteiger partial charge in [0.1, 0.15) is 0 Å². The number of thiophene rings is 1. The Morgan fingerprint density at radius 2 is 2.23 bits per heavy atom. The van der Waals surface area contributed by atoms with E-state index in [1.165, 1.54) is 4.88 Å². The molecular weight excluding hydrogens is 180 g/mol. The first-order valence-corrected chi connectivity index (χ1v) is 5.61. The van der Waals surface area contributed by atoms with Gasteiger partial charge in [-0.1, -0.05) is 13.8 Å². The number of aryl methyl sites for hydroxylation is 1. The molecule has 1 nitrogen and oxygen atoms in total. The number of Topliss-reactive ketones (excluding diaryl/α,β-unsaturated/α-hetero) is 1. The fourth-order valence-corrected chi connectivity index (χ4v) is 2.44. The van der Waals surface area contributed by atoms with Crippen LogP contribution < -0.4 is 0 Å². The molecule has 1 heterocycles. The van der Waals surface area contributed by atoms with Crippen LogP contribution in [0, 0.1) is 5.41 Å². The number of carbonyl (C=O) groups is 1. The molecule has 1 fully saturated rings. The highest BCUT2D eigenvalue weighted by molar-refractivity contribution is 7.14. The molecule has 0 radical (unpaired) electrons. The highest BCUT2D eigenvalue weighted by atomic mass is 32.1. The minimum Gasteiger partial charge on any atom is -0.293 e. The highest BCUT2D eigenvalue weighted by Crippen LogP contribution is 2.48. The molecule has 0 saturated heterocycles. The third-order valence-corrected chi connectivity index (χ3v) is 4.01. The molecule has 1 aliphatic rings. The maximum Gasteiger partial charge on any atom is 0.178 e. The fraction of sp³-hybridized carbons (Fsp3) is 0.545.